The molecule has 29 heavy (non-hydrogen) atoms. The van der Waals surface area contributed by atoms with Gasteiger partial charge in [0.1, 0.15) is 16.9 Å². The van der Waals surface area contributed by atoms with Crippen LogP contribution in [0.4, 0.5) is 23.2 Å². The summed E-state index contributed by atoms with van der Waals surface area (Å²) in [5.41, 5.74) is 1.62. The minimum absolute atomic E-state index is 0. The maximum atomic E-state index is 14.9. The van der Waals surface area contributed by atoms with E-state index in [0.717, 1.165) is 12.3 Å². The summed E-state index contributed by atoms with van der Waals surface area (Å²) < 4.78 is 58.4. The molecule has 2 heterocycles. The molecule has 1 aromatic carbocycles. The number of carbonyl (C=O) groups is 1. The molecule has 1 aliphatic heterocycles. The van der Waals surface area contributed by atoms with Gasteiger partial charge < -0.3 is 20.3 Å². The Morgan fingerprint density at radius 3 is 2.38 bits per heavy atom. The number of nitrogens with two attached hydrogens (primary N) is 1. The molecule has 1 saturated carbocycles. The van der Waals surface area contributed by atoms with E-state index in [1.165, 1.54) is 9.47 Å². The van der Waals surface area contributed by atoms with Gasteiger partial charge in [-0.05, 0) is 25.3 Å². The van der Waals surface area contributed by atoms with Crippen LogP contribution in [0.1, 0.15) is 41.2 Å². The SMILES string of the molecule is Cl.NC1CCN(c2c(F)cc3c(=O)c(C(=O)O)cn(C4CC4)c3c2C(F)(F)F)C1. The fraction of sp³-hybridized carbons (Fsp3) is 0.444. The number of nitrogens with zero attached hydrogens (tertiary/aromatic N) is 2. The van der Waals surface area contributed by atoms with E-state index in [-0.39, 0.29) is 37.6 Å². The Kier molecular flexibility index (Phi) is 5.29. The molecule has 158 valence electrons. The molecule has 3 N–H and O–H groups in total. The van der Waals surface area contributed by atoms with Gasteiger partial charge in [-0.2, -0.15) is 13.2 Å². The Morgan fingerprint density at radius 1 is 1.24 bits per heavy atom. The molecule has 0 spiro atoms. The van der Waals surface area contributed by atoms with E-state index in [2.05, 4.69) is 0 Å². The normalized spacial score (nSPS) is 19.5. The molecule has 2 aliphatic rings. The number of hydrogen-bond donors (Lipinski definition) is 2. The summed E-state index contributed by atoms with van der Waals surface area (Å²) in [5, 5.41) is 8.68. The number of aromatic nitrogens is 1. The highest BCUT2D eigenvalue weighted by molar-refractivity contribution is 5.95. The van der Waals surface area contributed by atoms with Crippen molar-refractivity contribution in [3.8, 4) is 0 Å². The van der Waals surface area contributed by atoms with Gasteiger partial charge in [0.05, 0.1) is 16.6 Å². The van der Waals surface area contributed by atoms with Gasteiger partial charge in [-0.3, -0.25) is 4.79 Å². The van der Waals surface area contributed by atoms with Crippen molar-refractivity contribution in [3.05, 3.63) is 39.4 Å². The molecule has 1 aliphatic carbocycles. The average molecular weight is 436 g/mol. The number of carboxylic acids is 1. The zero-order valence-corrected chi connectivity index (χ0v) is 15.8. The Bertz CT molecular complexity index is 1050. The molecule has 6 nitrogen and oxygen atoms in total. The van der Waals surface area contributed by atoms with Crippen LogP contribution >= 0.6 is 12.4 Å². The van der Waals surface area contributed by atoms with Crippen molar-refractivity contribution in [1.82, 2.24) is 4.57 Å². The Morgan fingerprint density at radius 2 is 1.90 bits per heavy atom. The minimum atomic E-state index is -4.95. The van der Waals surface area contributed by atoms with Crippen molar-refractivity contribution in [2.45, 2.75) is 37.5 Å². The molecule has 1 atom stereocenters. The smallest absolute Gasteiger partial charge is 0.420 e. The first-order valence-corrected chi connectivity index (χ1v) is 8.82. The van der Waals surface area contributed by atoms with Gasteiger partial charge in [-0.15, -0.1) is 12.4 Å². The maximum Gasteiger partial charge on any atom is 0.420 e. The number of rotatable bonds is 3. The second kappa shape index (κ2) is 7.17. The number of halogens is 5. The Labute approximate surface area is 168 Å². The number of alkyl halides is 3. The zero-order valence-electron chi connectivity index (χ0n) is 15.0. The number of fused-ring (bicyclic) bond motifs is 1. The number of hydrogen-bond acceptors (Lipinski definition) is 4. The molecule has 11 heteroatoms. The van der Waals surface area contributed by atoms with Crippen molar-refractivity contribution < 1.29 is 27.5 Å². The summed E-state index contributed by atoms with van der Waals surface area (Å²) in [7, 11) is 0. The number of aromatic carboxylic acids is 1. The largest absolute Gasteiger partial charge is 0.477 e. The number of carboxylic acid groups (broad SMARTS) is 1. The summed E-state index contributed by atoms with van der Waals surface area (Å²) in [6.45, 7) is 0.222. The van der Waals surface area contributed by atoms with Crippen molar-refractivity contribution >= 4 is 35.0 Å². The lowest BCUT2D eigenvalue weighted by atomic mass is 10.0. The van der Waals surface area contributed by atoms with Crippen LogP contribution < -0.4 is 16.1 Å². The van der Waals surface area contributed by atoms with Gasteiger partial charge in [-0.25, -0.2) is 9.18 Å². The van der Waals surface area contributed by atoms with Crippen molar-refractivity contribution in [2.24, 2.45) is 5.73 Å². The molecule has 1 unspecified atom stereocenters. The molecule has 2 aromatic rings. The van der Waals surface area contributed by atoms with Gasteiger partial charge in [0.25, 0.3) is 0 Å². The Hall–Kier alpha value is -2.33. The third kappa shape index (κ3) is 3.55. The van der Waals surface area contributed by atoms with Crippen LogP contribution in [0.15, 0.2) is 17.1 Å². The highest BCUT2D eigenvalue weighted by atomic mass is 35.5. The van der Waals surface area contributed by atoms with E-state index in [9.17, 15) is 32.3 Å². The average Bonchev–Trinajstić information content (AvgIpc) is 3.34. The van der Waals surface area contributed by atoms with Crippen LogP contribution in [0.5, 0.6) is 0 Å². The van der Waals surface area contributed by atoms with E-state index < -0.39 is 51.1 Å². The second-order valence-corrected chi connectivity index (χ2v) is 7.29. The summed E-state index contributed by atoms with van der Waals surface area (Å²) in [6.07, 6.45) is -2.49. The van der Waals surface area contributed by atoms with Crippen molar-refractivity contribution in [1.29, 1.82) is 0 Å². The predicted molar refractivity (Wildman–Crippen MR) is 100 cm³/mol. The zero-order chi connectivity index (χ0) is 20.4. The van der Waals surface area contributed by atoms with Gasteiger partial charge in [0.15, 0.2) is 0 Å². The van der Waals surface area contributed by atoms with Crippen molar-refractivity contribution in [3.63, 3.8) is 0 Å². The first kappa shape index (κ1) is 21.4. The summed E-state index contributed by atoms with van der Waals surface area (Å²) in [6, 6.07) is -0.0187. The van der Waals surface area contributed by atoms with Gasteiger partial charge in [0.2, 0.25) is 5.43 Å². The monoisotopic (exact) mass is 435 g/mol. The number of pyridine rings is 1. The lowest BCUT2D eigenvalue weighted by Crippen LogP contribution is -2.30. The van der Waals surface area contributed by atoms with Crippen LogP contribution in [0.25, 0.3) is 10.9 Å². The topological polar surface area (TPSA) is 88.6 Å². The highest BCUT2D eigenvalue weighted by Gasteiger charge is 2.42. The molecule has 2 fully saturated rings. The van der Waals surface area contributed by atoms with Crippen LogP contribution in [0.2, 0.25) is 0 Å². The van der Waals surface area contributed by atoms with Crippen LogP contribution in [0.3, 0.4) is 0 Å². The fourth-order valence-electron chi connectivity index (χ4n) is 3.84. The predicted octanol–water partition coefficient (Wildman–Crippen LogP) is 3.15. The number of benzene rings is 1. The molecule has 0 radical (unpaired) electrons. The van der Waals surface area contributed by atoms with Gasteiger partial charge in [-0.1, -0.05) is 0 Å². The summed E-state index contributed by atoms with van der Waals surface area (Å²) in [4.78, 5) is 25.2. The molecule has 0 amide bonds. The number of anilines is 1. The quantitative estimate of drug-likeness (QED) is 0.723. The molecule has 4 rings (SSSR count). The lowest BCUT2D eigenvalue weighted by molar-refractivity contribution is -0.136. The van der Waals surface area contributed by atoms with E-state index in [0.29, 0.717) is 19.3 Å². The standard InChI is InChI=1S/C18H17F4N3O3.ClH/c19-12-5-10-14(25(9-1-2-9)7-11(16(10)26)17(27)28)13(18(20,21)22)15(12)24-4-3-8(23)6-24;/h5,7-9H,1-4,6,23H2,(H,27,28);1H. The van der Waals surface area contributed by atoms with Crippen molar-refractivity contribution in [2.75, 3.05) is 18.0 Å². The molecule has 1 aromatic heterocycles. The third-order valence-corrected chi connectivity index (χ3v) is 5.24. The third-order valence-electron chi connectivity index (χ3n) is 5.24. The van der Waals surface area contributed by atoms with E-state index in [4.69, 9.17) is 5.73 Å². The van der Waals surface area contributed by atoms with Crippen LogP contribution in [-0.4, -0.2) is 34.8 Å². The van der Waals surface area contributed by atoms with Gasteiger partial charge >= 0.3 is 12.1 Å². The minimum Gasteiger partial charge on any atom is -0.477 e. The molecular formula is C18H18ClF4N3O3. The fourth-order valence-corrected chi connectivity index (χ4v) is 3.84. The highest BCUT2D eigenvalue weighted by Crippen LogP contribution is 2.46. The van der Waals surface area contributed by atoms with E-state index in [1.54, 1.807) is 0 Å². The molecule has 1 saturated heterocycles. The first-order valence-electron chi connectivity index (χ1n) is 8.82. The molecular weight excluding hydrogens is 418 g/mol. The maximum absolute atomic E-state index is 14.9. The van der Waals surface area contributed by atoms with E-state index in [1.807, 2.05) is 0 Å². The lowest BCUT2D eigenvalue weighted by Gasteiger charge is -2.26. The summed E-state index contributed by atoms with van der Waals surface area (Å²) in [5.74, 6) is -2.78. The van der Waals surface area contributed by atoms with Gasteiger partial charge in [0, 0.05) is 31.4 Å². The van der Waals surface area contributed by atoms with Crippen LogP contribution in [0, 0.1) is 5.82 Å². The molecule has 0 bridgehead atoms. The second-order valence-electron chi connectivity index (χ2n) is 7.29. The van der Waals surface area contributed by atoms with Crippen LogP contribution in [-0.2, 0) is 6.18 Å². The van der Waals surface area contributed by atoms with E-state index >= 15 is 0 Å². The summed E-state index contributed by atoms with van der Waals surface area (Å²) >= 11 is 0. The first-order chi connectivity index (χ1) is 13.1. The Balaban J connectivity index is 0.00000240.